The van der Waals surface area contributed by atoms with Gasteiger partial charge in [0.25, 0.3) is 5.91 Å². The van der Waals surface area contributed by atoms with Gasteiger partial charge in [0.2, 0.25) is 0 Å². The van der Waals surface area contributed by atoms with E-state index < -0.39 is 0 Å². The number of hydrogen-bond acceptors (Lipinski definition) is 3. The summed E-state index contributed by atoms with van der Waals surface area (Å²) in [6, 6.07) is 13.9. The summed E-state index contributed by atoms with van der Waals surface area (Å²) in [5.74, 6) is 1.43. The van der Waals surface area contributed by atoms with E-state index in [4.69, 9.17) is 23.2 Å². The molecule has 0 atom stereocenters. The molecule has 29 heavy (non-hydrogen) atoms. The van der Waals surface area contributed by atoms with Crippen molar-refractivity contribution in [2.45, 2.75) is 18.8 Å². The maximum atomic E-state index is 13.2. The van der Waals surface area contributed by atoms with Crippen LogP contribution in [0.15, 0.2) is 47.4 Å². The maximum absolute atomic E-state index is 13.2. The molecule has 3 nitrogen and oxygen atoms in total. The lowest BCUT2D eigenvalue weighted by Gasteiger charge is -2.31. The van der Waals surface area contributed by atoms with Gasteiger partial charge in [-0.2, -0.15) is 0 Å². The molecule has 0 bridgehead atoms. The number of carbonyl (C=O) groups excluding carboxylic acids is 1. The number of nitrogens with zero attached hydrogens (tertiary/aromatic N) is 2. The second-order valence-electron chi connectivity index (χ2n) is 7.62. The molecule has 2 saturated heterocycles. The van der Waals surface area contributed by atoms with Crippen LogP contribution < -0.4 is 4.90 Å². The number of halogens is 2. The van der Waals surface area contributed by atoms with E-state index in [1.165, 1.54) is 5.56 Å². The molecule has 0 N–H and O–H groups in total. The average Bonchev–Trinajstić information content (AvgIpc) is 2.73. The Kier molecular flexibility index (Phi) is 6.55. The molecule has 0 unspecified atom stereocenters. The van der Waals surface area contributed by atoms with E-state index in [-0.39, 0.29) is 5.91 Å². The molecule has 4 rings (SSSR count). The highest BCUT2D eigenvalue weighted by Gasteiger charge is 2.26. The number of amides is 1. The molecule has 0 aliphatic carbocycles. The summed E-state index contributed by atoms with van der Waals surface area (Å²) in [5.41, 5.74) is 3.31. The summed E-state index contributed by atoms with van der Waals surface area (Å²) in [6.45, 7) is 2.90. The van der Waals surface area contributed by atoms with Gasteiger partial charge in [0.15, 0.2) is 0 Å². The zero-order valence-electron chi connectivity index (χ0n) is 16.4. The van der Waals surface area contributed by atoms with Crippen LogP contribution in [0.3, 0.4) is 0 Å². The van der Waals surface area contributed by atoms with Crippen molar-refractivity contribution in [3.05, 3.63) is 68.5 Å². The van der Waals surface area contributed by atoms with Crippen molar-refractivity contribution in [2.75, 3.05) is 37.3 Å². The fraction of sp³-hybridized carbons (Fsp3) is 0.348. The molecule has 2 fully saturated rings. The molecule has 0 radical (unpaired) electrons. The zero-order valence-corrected chi connectivity index (χ0v) is 18.7. The largest absolute Gasteiger partial charge is 0.307 e. The van der Waals surface area contributed by atoms with Gasteiger partial charge in [-0.1, -0.05) is 47.5 Å². The Balaban J connectivity index is 1.61. The molecule has 0 aromatic heterocycles. The minimum atomic E-state index is 0.0258. The van der Waals surface area contributed by atoms with Crippen molar-refractivity contribution >= 4 is 52.6 Å². The van der Waals surface area contributed by atoms with Crippen LogP contribution in [0.5, 0.6) is 0 Å². The van der Waals surface area contributed by atoms with Crippen molar-refractivity contribution in [3.63, 3.8) is 0 Å². The molecule has 2 aliphatic rings. The Morgan fingerprint density at radius 1 is 1.03 bits per heavy atom. The lowest BCUT2D eigenvalue weighted by atomic mass is 9.86. The molecular formula is C23H24Cl2N2OS. The fourth-order valence-corrected chi connectivity index (χ4v) is 5.25. The first-order valence-corrected chi connectivity index (χ1v) is 11.7. The van der Waals surface area contributed by atoms with Gasteiger partial charge in [-0.15, -0.1) is 11.8 Å². The fourth-order valence-electron chi connectivity index (χ4n) is 4.02. The predicted molar refractivity (Wildman–Crippen MR) is 125 cm³/mol. The van der Waals surface area contributed by atoms with Gasteiger partial charge >= 0.3 is 0 Å². The van der Waals surface area contributed by atoms with Crippen LogP contribution in [-0.2, 0) is 4.79 Å². The highest BCUT2D eigenvalue weighted by Crippen LogP contribution is 2.35. The predicted octanol–water partition coefficient (Wildman–Crippen LogP) is 5.92. The minimum absolute atomic E-state index is 0.0258. The third-order valence-corrected chi connectivity index (χ3v) is 7.41. The Bertz CT molecular complexity index is 938. The number of thioether (sulfide) groups is 1. The van der Waals surface area contributed by atoms with Crippen LogP contribution in [0.2, 0.25) is 10.0 Å². The van der Waals surface area contributed by atoms with E-state index in [9.17, 15) is 4.79 Å². The molecule has 2 heterocycles. The average molecular weight is 447 g/mol. The number of anilines is 1. The number of piperidine rings is 1. The van der Waals surface area contributed by atoms with Crippen molar-refractivity contribution in [1.82, 2.24) is 4.90 Å². The molecule has 1 amide bonds. The van der Waals surface area contributed by atoms with Crippen LogP contribution in [0.25, 0.3) is 6.08 Å². The van der Waals surface area contributed by atoms with Crippen LogP contribution in [0.4, 0.5) is 5.69 Å². The molecule has 2 aromatic rings. The van der Waals surface area contributed by atoms with Crippen molar-refractivity contribution < 1.29 is 4.79 Å². The summed E-state index contributed by atoms with van der Waals surface area (Å²) >= 11 is 13.8. The van der Waals surface area contributed by atoms with Gasteiger partial charge in [0.05, 0.1) is 15.0 Å². The molecule has 0 saturated carbocycles. The lowest BCUT2D eigenvalue weighted by molar-refractivity contribution is -0.114. The number of benzene rings is 2. The van der Waals surface area contributed by atoms with Gasteiger partial charge in [-0.25, -0.2) is 0 Å². The second kappa shape index (κ2) is 9.13. The van der Waals surface area contributed by atoms with Crippen molar-refractivity contribution in [3.8, 4) is 0 Å². The Morgan fingerprint density at radius 3 is 2.55 bits per heavy atom. The van der Waals surface area contributed by atoms with Crippen molar-refractivity contribution in [2.24, 2.45) is 0 Å². The van der Waals surface area contributed by atoms with E-state index in [1.54, 1.807) is 28.8 Å². The highest BCUT2D eigenvalue weighted by molar-refractivity contribution is 8.04. The zero-order chi connectivity index (χ0) is 20.4. The SMILES string of the molecule is CN1CCC(c2ccccc2C=C2SCCN(c3ccc(Cl)c(Cl)c3)C2=O)CC1. The van der Waals surface area contributed by atoms with Gasteiger partial charge < -0.3 is 9.80 Å². The molecule has 0 spiro atoms. The smallest absolute Gasteiger partial charge is 0.264 e. The van der Waals surface area contributed by atoms with Crippen LogP contribution in [0.1, 0.15) is 29.9 Å². The van der Waals surface area contributed by atoms with Crippen LogP contribution in [-0.4, -0.2) is 43.2 Å². The van der Waals surface area contributed by atoms with E-state index >= 15 is 0 Å². The Morgan fingerprint density at radius 2 is 1.79 bits per heavy atom. The maximum Gasteiger partial charge on any atom is 0.264 e. The second-order valence-corrected chi connectivity index (χ2v) is 9.57. The summed E-state index contributed by atoms with van der Waals surface area (Å²) < 4.78 is 0. The van der Waals surface area contributed by atoms with E-state index in [1.807, 2.05) is 6.07 Å². The van der Waals surface area contributed by atoms with Gasteiger partial charge in [0.1, 0.15) is 0 Å². The topological polar surface area (TPSA) is 23.6 Å². The minimum Gasteiger partial charge on any atom is -0.307 e. The van der Waals surface area contributed by atoms with Gasteiger partial charge in [0, 0.05) is 18.0 Å². The van der Waals surface area contributed by atoms with E-state index in [0.29, 0.717) is 22.5 Å². The quantitative estimate of drug-likeness (QED) is 0.546. The standard InChI is InChI=1S/C23H24Cl2N2OS/c1-26-10-8-16(9-11-26)19-5-3-2-4-17(19)14-22-23(28)27(12-13-29-22)18-6-7-20(24)21(25)15-18/h2-7,14-16H,8-13H2,1H3. The van der Waals surface area contributed by atoms with E-state index in [0.717, 1.165) is 47.8 Å². The number of rotatable bonds is 3. The molecule has 152 valence electrons. The number of carbonyl (C=O) groups is 1. The first-order valence-electron chi connectivity index (χ1n) is 9.92. The summed E-state index contributed by atoms with van der Waals surface area (Å²) in [5, 5.41) is 0.963. The molecular weight excluding hydrogens is 423 g/mol. The van der Waals surface area contributed by atoms with E-state index in [2.05, 4.69) is 42.3 Å². The third kappa shape index (κ3) is 4.66. The summed E-state index contributed by atoms with van der Waals surface area (Å²) in [4.78, 5) is 18.2. The first kappa shape index (κ1) is 20.8. The van der Waals surface area contributed by atoms with Crippen molar-refractivity contribution in [1.29, 1.82) is 0 Å². The summed E-state index contributed by atoms with van der Waals surface area (Å²) in [6.07, 6.45) is 4.39. The summed E-state index contributed by atoms with van der Waals surface area (Å²) in [7, 11) is 2.18. The molecule has 2 aromatic carbocycles. The monoisotopic (exact) mass is 446 g/mol. The first-order chi connectivity index (χ1) is 14.0. The lowest BCUT2D eigenvalue weighted by Crippen LogP contribution is -2.37. The Hall–Kier alpha value is -1.46. The molecule has 2 aliphatic heterocycles. The third-order valence-electron chi connectivity index (χ3n) is 5.68. The number of likely N-dealkylation sites (tertiary alicyclic amines) is 1. The normalized spacial score (nSPS) is 20.4. The van der Waals surface area contributed by atoms with Gasteiger partial charge in [-0.05, 0) is 74.3 Å². The Labute approximate surface area is 186 Å². The van der Waals surface area contributed by atoms with Gasteiger partial charge in [-0.3, -0.25) is 4.79 Å². The molecule has 6 heteroatoms. The number of hydrogen-bond donors (Lipinski definition) is 0. The highest BCUT2D eigenvalue weighted by atomic mass is 35.5. The van der Waals surface area contributed by atoms with Crippen LogP contribution in [0, 0.1) is 0 Å². The van der Waals surface area contributed by atoms with Crippen LogP contribution >= 0.6 is 35.0 Å².